The van der Waals surface area contributed by atoms with Crippen LogP contribution in [0.5, 0.6) is 6.01 Å². The Morgan fingerprint density at radius 3 is 3.30 bits per heavy atom. The first kappa shape index (κ1) is 6.86. The molecule has 0 spiro atoms. The van der Waals surface area contributed by atoms with Crippen LogP contribution >= 0.6 is 0 Å². The van der Waals surface area contributed by atoms with Crippen LogP contribution in [0.4, 0.5) is 0 Å². The fourth-order valence-corrected chi connectivity index (χ4v) is 0.679. The minimum atomic E-state index is 0.595. The van der Waals surface area contributed by atoms with Gasteiger partial charge in [-0.3, -0.25) is 4.57 Å². The fraction of sp³-hybridized carbons (Fsp3) is 0.286. The number of hydrogen-bond donors (Lipinski definition) is 0. The van der Waals surface area contributed by atoms with Gasteiger partial charge < -0.3 is 4.74 Å². The molecular formula is C7H10N2O. The average Bonchev–Trinajstić information content (AvgIpc) is 2.36. The smallest absolute Gasteiger partial charge is 0.300 e. The first-order valence-electron chi connectivity index (χ1n) is 3.16. The van der Waals surface area contributed by atoms with Crippen LogP contribution in [0.15, 0.2) is 19.0 Å². The van der Waals surface area contributed by atoms with Gasteiger partial charge in [0.05, 0.1) is 6.61 Å². The summed E-state index contributed by atoms with van der Waals surface area (Å²) in [6.45, 7) is 6.14. The maximum atomic E-state index is 5.15. The second-order valence-electron chi connectivity index (χ2n) is 1.73. The summed E-state index contributed by atoms with van der Waals surface area (Å²) in [6.07, 6.45) is 5.11. The highest BCUT2D eigenvalue weighted by atomic mass is 16.5. The van der Waals surface area contributed by atoms with Gasteiger partial charge in [-0.1, -0.05) is 6.58 Å². The third-order valence-corrected chi connectivity index (χ3v) is 1.10. The van der Waals surface area contributed by atoms with Crippen LogP contribution in [0.25, 0.3) is 6.20 Å². The molecule has 54 valence electrons. The van der Waals surface area contributed by atoms with Gasteiger partial charge >= 0.3 is 0 Å². The van der Waals surface area contributed by atoms with E-state index in [-0.39, 0.29) is 0 Å². The Labute approximate surface area is 60.0 Å². The number of rotatable bonds is 3. The number of ether oxygens (including phenoxy) is 1. The number of hydrogen-bond acceptors (Lipinski definition) is 2. The molecule has 0 saturated carbocycles. The molecule has 3 nitrogen and oxygen atoms in total. The molecule has 0 aliphatic carbocycles. The van der Waals surface area contributed by atoms with Crippen LogP contribution in [0.2, 0.25) is 0 Å². The Morgan fingerprint density at radius 1 is 1.90 bits per heavy atom. The standard InChI is InChI=1S/C7H10N2O/c1-3-9-6-5-8-7(9)10-4-2/h3,5-6H,1,4H2,2H3. The normalized spacial score (nSPS) is 9.30. The summed E-state index contributed by atoms with van der Waals surface area (Å²) >= 11 is 0. The van der Waals surface area contributed by atoms with Crippen LogP contribution in [0.1, 0.15) is 6.92 Å². The molecular weight excluding hydrogens is 128 g/mol. The maximum Gasteiger partial charge on any atom is 0.300 e. The van der Waals surface area contributed by atoms with Crippen LogP contribution < -0.4 is 4.74 Å². The second-order valence-corrected chi connectivity index (χ2v) is 1.73. The fourth-order valence-electron chi connectivity index (χ4n) is 0.679. The molecule has 1 heterocycles. The number of imidazole rings is 1. The Bertz CT molecular complexity index is 217. The summed E-state index contributed by atoms with van der Waals surface area (Å²) in [5.74, 6) is 0. The lowest BCUT2D eigenvalue weighted by molar-refractivity contribution is 0.309. The zero-order valence-corrected chi connectivity index (χ0v) is 5.95. The van der Waals surface area contributed by atoms with Gasteiger partial charge in [-0.05, 0) is 6.92 Å². The lowest BCUT2D eigenvalue weighted by Gasteiger charge is -2.00. The Balaban J connectivity index is 2.79. The van der Waals surface area contributed by atoms with E-state index in [1.165, 1.54) is 0 Å². The van der Waals surface area contributed by atoms with Crippen LogP contribution in [-0.4, -0.2) is 16.2 Å². The SMILES string of the molecule is C=Cn1ccnc1OCC. The van der Waals surface area contributed by atoms with Gasteiger partial charge in [0.1, 0.15) is 0 Å². The molecule has 0 aromatic carbocycles. The topological polar surface area (TPSA) is 27.1 Å². The summed E-state index contributed by atoms with van der Waals surface area (Å²) in [5.41, 5.74) is 0. The van der Waals surface area contributed by atoms with Crippen LogP contribution in [0, 0.1) is 0 Å². The zero-order valence-electron chi connectivity index (χ0n) is 5.95. The predicted molar refractivity (Wildman–Crippen MR) is 39.8 cm³/mol. The van der Waals surface area contributed by atoms with Crippen molar-refractivity contribution in [1.82, 2.24) is 9.55 Å². The molecule has 1 rings (SSSR count). The molecule has 0 saturated heterocycles. The van der Waals surface area contributed by atoms with Crippen molar-refractivity contribution in [3.05, 3.63) is 19.0 Å². The minimum absolute atomic E-state index is 0.595. The molecule has 0 atom stereocenters. The van der Waals surface area contributed by atoms with Crippen molar-refractivity contribution in [2.75, 3.05) is 6.61 Å². The van der Waals surface area contributed by atoms with Crippen molar-refractivity contribution in [1.29, 1.82) is 0 Å². The maximum absolute atomic E-state index is 5.15. The largest absolute Gasteiger partial charge is 0.465 e. The summed E-state index contributed by atoms with van der Waals surface area (Å²) < 4.78 is 6.87. The summed E-state index contributed by atoms with van der Waals surface area (Å²) in [7, 11) is 0. The molecule has 10 heavy (non-hydrogen) atoms. The van der Waals surface area contributed by atoms with E-state index in [0.717, 1.165) is 0 Å². The first-order chi connectivity index (χ1) is 4.88. The molecule has 0 aliphatic rings. The van der Waals surface area contributed by atoms with E-state index in [1.54, 1.807) is 23.2 Å². The highest BCUT2D eigenvalue weighted by Crippen LogP contribution is 2.05. The van der Waals surface area contributed by atoms with Crippen molar-refractivity contribution in [2.24, 2.45) is 0 Å². The number of nitrogens with zero attached hydrogens (tertiary/aromatic N) is 2. The first-order valence-corrected chi connectivity index (χ1v) is 3.16. The minimum Gasteiger partial charge on any atom is -0.465 e. The Hall–Kier alpha value is -1.25. The average molecular weight is 138 g/mol. The highest BCUT2D eigenvalue weighted by molar-refractivity contribution is 5.22. The van der Waals surface area contributed by atoms with E-state index in [2.05, 4.69) is 11.6 Å². The zero-order chi connectivity index (χ0) is 7.40. The lowest BCUT2D eigenvalue weighted by Crippen LogP contribution is -1.97. The molecule has 0 aliphatic heterocycles. The van der Waals surface area contributed by atoms with E-state index in [0.29, 0.717) is 12.6 Å². The van der Waals surface area contributed by atoms with E-state index < -0.39 is 0 Å². The molecule has 0 unspecified atom stereocenters. The van der Waals surface area contributed by atoms with Gasteiger partial charge in [0, 0.05) is 18.6 Å². The Kier molecular flexibility index (Phi) is 2.10. The molecule has 0 fully saturated rings. The van der Waals surface area contributed by atoms with Gasteiger partial charge in [0.15, 0.2) is 0 Å². The van der Waals surface area contributed by atoms with Crippen LogP contribution in [-0.2, 0) is 0 Å². The third kappa shape index (κ3) is 1.18. The monoisotopic (exact) mass is 138 g/mol. The second kappa shape index (κ2) is 3.06. The molecule has 1 aromatic heterocycles. The van der Waals surface area contributed by atoms with Crippen LogP contribution in [0.3, 0.4) is 0 Å². The molecule has 1 aromatic rings. The highest BCUT2D eigenvalue weighted by Gasteiger charge is 1.96. The van der Waals surface area contributed by atoms with Gasteiger partial charge in [-0.2, -0.15) is 0 Å². The van der Waals surface area contributed by atoms with Crippen molar-refractivity contribution < 1.29 is 4.74 Å². The molecule has 0 bridgehead atoms. The van der Waals surface area contributed by atoms with Gasteiger partial charge in [-0.15, -0.1) is 0 Å². The van der Waals surface area contributed by atoms with E-state index in [4.69, 9.17) is 4.74 Å². The predicted octanol–water partition coefficient (Wildman–Crippen LogP) is 1.38. The summed E-state index contributed by atoms with van der Waals surface area (Å²) in [6, 6.07) is 0.595. The summed E-state index contributed by atoms with van der Waals surface area (Å²) in [5, 5.41) is 0. The van der Waals surface area contributed by atoms with Gasteiger partial charge in [0.25, 0.3) is 6.01 Å². The lowest BCUT2D eigenvalue weighted by atomic mass is 10.8. The van der Waals surface area contributed by atoms with Gasteiger partial charge in [0.2, 0.25) is 0 Å². The number of aromatic nitrogens is 2. The van der Waals surface area contributed by atoms with Crippen molar-refractivity contribution in [3.8, 4) is 6.01 Å². The van der Waals surface area contributed by atoms with Crippen molar-refractivity contribution in [3.63, 3.8) is 0 Å². The summed E-state index contributed by atoms with van der Waals surface area (Å²) in [4.78, 5) is 3.95. The quantitative estimate of drug-likeness (QED) is 0.631. The van der Waals surface area contributed by atoms with Crippen molar-refractivity contribution in [2.45, 2.75) is 6.92 Å². The van der Waals surface area contributed by atoms with E-state index in [1.807, 2.05) is 6.92 Å². The third-order valence-electron chi connectivity index (χ3n) is 1.10. The van der Waals surface area contributed by atoms with E-state index in [9.17, 15) is 0 Å². The van der Waals surface area contributed by atoms with Crippen molar-refractivity contribution >= 4 is 6.20 Å². The Morgan fingerprint density at radius 2 is 2.70 bits per heavy atom. The molecule has 0 N–H and O–H groups in total. The van der Waals surface area contributed by atoms with Gasteiger partial charge in [-0.25, -0.2) is 4.98 Å². The molecule has 0 amide bonds. The van der Waals surface area contributed by atoms with E-state index >= 15 is 0 Å². The molecule has 0 radical (unpaired) electrons. The molecule has 3 heteroatoms.